The Morgan fingerprint density at radius 3 is 2.36 bits per heavy atom. The smallest absolute Gasteiger partial charge is 0.165 e. The van der Waals surface area contributed by atoms with E-state index in [1.807, 2.05) is 0 Å². The Balaban J connectivity index is 3.22. The van der Waals surface area contributed by atoms with Crippen LogP contribution in [0.3, 0.4) is 0 Å². The maximum Gasteiger partial charge on any atom is 0.165 e. The van der Waals surface area contributed by atoms with Crippen molar-refractivity contribution in [3.05, 3.63) is 29.1 Å². The molecule has 74 valence electrons. The average Bonchev–Trinajstić information content (AvgIpc) is 2.20. The summed E-state index contributed by atoms with van der Waals surface area (Å²) < 4.78 is 18.1. The molecule has 0 spiro atoms. The lowest BCUT2D eigenvalue weighted by Gasteiger charge is -2.06. The largest absolute Gasteiger partial charge is 0.491 e. The highest BCUT2D eigenvalue weighted by Crippen LogP contribution is 2.20. The first-order chi connectivity index (χ1) is 6.72. The molecule has 0 saturated heterocycles. The Labute approximate surface area is 80.5 Å². The van der Waals surface area contributed by atoms with Crippen molar-refractivity contribution in [2.45, 2.75) is 6.92 Å². The second kappa shape index (κ2) is 4.50. The van der Waals surface area contributed by atoms with Crippen molar-refractivity contribution < 1.29 is 18.7 Å². The molecular formula is C10H9FO3. The molecule has 1 aromatic carbocycles. The zero-order chi connectivity index (χ0) is 10.6. The zero-order valence-corrected chi connectivity index (χ0v) is 7.62. The van der Waals surface area contributed by atoms with Crippen LogP contribution in [0.4, 0.5) is 4.39 Å². The van der Waals surface area contributed by atoms with Crippen LogP contribution in [0.2, 0.25) is 0 Å². The summed E-state index contributed by atoms with van der Waals surface area (Å²) in [6.45, 7) is 2.00. The molecule has 0 bridgehead atoms. The minimum Gasteiger partial charge on any atom is -0.491 e. The highest BCUT2D eigenvalue weighted by Gasteiger charge is 2.09. The van der Waals surface area contributed by atoms with Crippen molar-refractivity contribution in [3.8, 4) is 5.75 Å². The normalized spacial score (nSPS) is 9.57. The zero-order valence-electron chi connectivity index (χ0n) is 7.62. The van der Waals surface area contributed by atoms with Crippen LogP contribution in [0.5, 0.6) is 5.75 Å². The molecule has 0 saturated carbocycles. The van der Waals surface area contributed by atoms with Gasteiger partial charge in [-0.3, -0.25) is 9.59 Å². The summed E-state index contributed by atoms with van der Waals surface area (Å²) >= 11 is 0. The van der Waals surface area contributed by atoms with Gasteiger partial charge in [0, 0.05) is 11.1 Å². The van der Waals surface area contributed by atoms with Crippen LogP contribution in [0.1, 0.15) is 27.6 Å². The minimum absolute atomic E-state index is 0.0137. The third-order valence-corrected chi connectivity index (χ3v) is 1.69. The van der Waals surface area contributed by atoms with Gasteiger partial charge in [0.05, 0.1) is 6.61 Å². The fraction of sp³-hybridized carbons (Fsp3) is 0.200. The van der Waals surface area contributed by atoms with E-state index in [1.54, 1.807) is 6.92 Å². The van der Waals surface area contributed by atoms with Gasteiger partial charge in [0.15, 0.2) is 24.1 Å². The van der Waals surface area contributed by atoms with E-state index in [-0.39, 0.29) is 16.9 Å². The molecule has 1 rings (SSSR count). The van der Waals surface area contributed by atoms with Crippen LogP contribution < -0.4 is 4.74 Å². The quantitative estimate of drug-likeness (QED) is 0.690. The Kier molecular flexibility index (Phi) is 3.34. The first-order valence-electron chi connectivity index (χ1n) is 4.09. The lowest BCUT2D eigenvalue weighted by molar-refractivity contribution is 0.109. The summed E-state index contributed by atoms with van der Waals surface area (Å²) in [5.41, 5.74) is 0.158. The molecule has 0 fully saturated rings. The van der Waals surface area contributed by atoms with E-state index in [9.17, 15) is 14.0 Å². The molecule has 0 heterocycles. The van der Waals surface area contributed by atoms with Gasteiger partial charge in [0.2, 0.25) is 0 Å². The summed E-state index contributed by atoms with van der Waals surface area (Å²) in [4.78, 5) is 21.0. The van der Waals surface area contributed by atoms with Gasteiger partial charge in [-0.2, -0.15) is 0 Å². The number of benzene rings is 1. The Hall–Kier alpha value is -1.71. The molecule has 0 atom stereocenters. The molecular weight excluding hydrogens is 187 g/mol. The summed E-state index contributed by atoms with van der Waals surface area (Å²) in [7, 11) is 0. The van der Waals surface area contributed by atoms with Gasteiger partial charge in [-0.15, -0.1) is 0 Å². The van der Waals surface area contributed by atoms with Crippen molar-refractivity contribution in [1.82, 2.24) is 0 Å². The Bertz CT molecular complexity index is 361. The van der Waals surface area contributed by atoms with Crippen LogP contribution in [0.15, 0.2) is 12.1 Å². The molecule has 1 aromatic rings. The third kappa shape index (κ3) is 1.96. The van der Waals surface area contributed by atoms with Crippen molar-refractivity contribution >= 4 is 12.6 Å². The number of carbonyl (C=O) groups excluding carboxylic acids is 2. The van der Waals surface area contributed by atoms with E-state index >= 15 is 0 Å². The molecule has 14 heavy (non-hydrogen) atoms. The maximum atomic E-state index is 13.1. The minimum atomic E-state index is -0.639. The van der Waals surface area contributed by atoms with Gasteiger partial charge in [0.1, 0.15) is 0 Å². The summed E-state index contributed by atoms with van der Waals surface area (Å²) in [5, 5.41) is 0. The SMILES string of the molecule is CCOc1cc(C=O)c(C=O)cc1F. The van der Waals surface area contributed by atoms with Crippen molar-refractivity contribution in [2.75, 3.05) is 6.61 Å². The van der Waals surface area contributed by atoms with E-state index < -0.39 is 5.82 Å². The van der Waals surface area contributed by atoms with Gasteiger partial charge in [-0.25, -0.2) is 4.39 Å². The highest BCUT2D eigenvalue weighted by atomic mass is 19.1. The number of ether oxygens (including phenoxy) is 1. The standard InChI is InChI=1S/C10H9FO3/c1-2-14-10-4-8(6-13)7(5-12)3-9(10)11/h3-6H,2H2,1H3. The molecule has 0 unspecified atom stereocenters. The lowest BCUT2D eigenvalue weighted by atomic mass is 10.1. The molecule has 4 heteroatoms. The van der Waals surface area contributed by atoms with Crippen molar-refractivity contribution in [2.24, 2.45) is 0 Å². The fourth-order valence-electron chi connectivity index (χ4n) is 1.05. The first kappa shape index (κ1) is 10.4. The molecule has 0 N–H and O–H groups in total. The van der Waals surface area contributed by atoms with E-state index in [1.165, 1.54) is 6.07 Å². The number of rotatable bonds is 4. The lowest BCUT2D eigenvalue weighted by Crippen LogP contribution is -1.99. The van der Waals surface area contributed by atoms with Crippen LogP contribution in [0.25, 0.3) is 0 Å². The van der Waals surface area contributed by atoms with E-state index in [0.717, 1.165) is 6.07 Å². The predicted molar refractivity (Wildman–Crippen MR) is 48.3 cm³/mol. The van der Waals surface area contributed by atoms with Crippen LogP contribution >= 0.6 is 0 Å². The second-order valence-corrected chi connectivity index (χ2v) is 2.58. The molecule has 0 aliphatic carbocycles. The first-order valence-corrected chi connectivity index (χ1v) is 4.09. The number of aldehydes is 2. The molecule has 0 aliphatic heterocycles. The van der Waals surface area contributed by atoms with Gasteiger partial charge >= 0.3 is 0 Å². The van der Waals surface area contributed by atoms with Crippen LogP contribution in [-0.4, -0.2) is 19.2 Å². The Morgan fingerprint density at radius 2 is 1.86 bits per heavy atom. The number of carbonyl (C=O) groups is 2. The average molecular weight is 196 g/mol. The molecule has 3 nitrogen and oxygen atoms in total. The summed E-state index contributed by atoms with van der Waals surface area (Å²) in [5.74, 6) is -0.653. The van der Waals surface area contributed by atoms with Gasteiger partial charge in [-0.1, -0.05) is 0 Å². The molecule has 0 radical (unpaired) electrons. The third-order valence-electron chi connectivity index (χ3n) is 1.69. The monoisotopic (exact) mass is 196 g/mol. The van der Waals surface area contributed by atoms with Gasteiger partial charge in [-0.05, 0) is 19.1 Å². The van der Waals surface area contributed by atoms with Crippen LogP contribution in [0, 0.1) is 5.82 Å². The van der Waals surface area contributed by atoms with E-state index in [0.29, 0.717) is 19.2 Å². The molecule has 0 aromatic heterocycles. The summed E-state index contributed by atoms with van der Waals surface area (Å²) in [6, 6.07) is 2.21. The van der Waals surface area contributed by atoms with E-state index in [2.05, 4.69) is 0 Å². The summed E-state index contributed by atoms with van der Waals surface area (Å²) in [6.07, 6.45) is 0.925. The predicted octanol–water partition coefficient (Wildman–Crippen LogP) is 1.85. The van der Waals surface area contributed by atoms with Crippen LogP contribution in [-0.2, 0) is 0 Å². The Morgan fingerprint density at radius 1 is 1.29 bits per heavy atom. The van der Waals surface area contributed by atoms with Crippen molar-refractivity contribution in [3.63, 3.8) is 0 Å². The highest BCUT2D eigenvalue weighted by molar-refractivity contribution is 5.90. The van der Waals surface area contributed by atoms with Crippen molar-refractivity contribution in [1.29, 1.82) is 0 Å². The van der Waals surface area contributed by atoms with Gasteiger partial charge in [0.25, 0.3) is 0 Å². The molecule has 0 amide bonds. The van der Waals surface area contributed by atoms with Gasteiger partial charge < -0.3 is 4.74 Å². The number of hydrogen-bond acceptors (Lipinski definition) is 3. The number of hydrogen-bond donors (Lipinski definition) is 0. The van der Waals surface area contributed by atoms with E-state index in [4.69, 9.17) is 4.74 Å². The topological polar surface area (TPSA) is 43.4 Å². The fourth-order valence-corrected chi connectivity index (χ4v) is 1.05. The number of halogens is 1. The maximum absolute atomic E-state index is 13.1. The molecule has 0 aliphatic rings. The second-order valence-electron chi connectivity index (χ2n) is 2.58.